The molecule has 3 N–H and O–H groups in total. The molecule has 1 aliphatic carbocycles. The van der Waals surface area contributed by atoms with E-state index in [0.717, 1.165) is 12.5 Å². The topological polar surface area (TPSA) is 55.1 Å². The summed E-state index contributed by atoms with van der Waals surface area (Å²) in [6, 6.07) is -0.0313. The predicted octanol–water partition coefficient (Wildman–Crippen LogP) is 0.886. The molecule has 76 valence electrons. The number of amides is 1. The fourth-order valence-corrected chi connectivity index (χ4v) is 1.47. The molecule has 0 aromatic rings. The Morgan fingerprint density at radius 2 is 2.15 bits per heavy atom. The molecule has 3 heteroatoms. The van der Waals surface area contributed by atoms with Crippen LogP contribution < -0.4 is 11.1 Å². The zero-order valence-corrected chi connectivity index (χ0v) is 8.55. The van der Waals surface area contributed by atoms with Gasteiger partial charge in [0.05, 0.1) is 0 Å². The number of carbonyl (C=O) groups excluding carboxylic acids is 1. The third-order valence-electron chi connectivity index (χ3n) is 2.56. The van der Waals surface area contributed by atoms with Gasteiger partial charge in [0.1, 0.15) is 0 Å². The van der Waals surface area contributed by atoms with Crippen LogP contribution in [0.1, 0.15) is 33.1 Å². The average molecular weight is 184 g/mol. The fourth-order valence-electron chi connectivity index (χ4n) is 1.47. The normalized spacial score (nSPS) is 20.8. The van der Waals surface area contributed by atoms with Crippen LogP contribution in [-0.4, -0.2) is 18.5 Å². The Labute approximate surface area is 80.1 Å². The Balaban J connectivity index is 2.06. The number of hydrogen-bond acceptors (Lipinski definition) is 2. The summed E-state index contributed by atoms with van der Waals surface area (Å²) < 4.78 is 0. The first kappa shape index (κ1) is 10.5. The summed E-state index contributed by atoms with van der Waals surface area (Å²) in [5, 5.41) is 2.92. The number of hydrogen-bond donors (Lipinski definition) is 2. The van der Waals surface area contributed by atoms with Gasteiger partial charge in [0.25, 0.3) is 0 Å². The first-order chi connectivity index (χ1) is 6.09. The van der Waals surface area contributed by atoms with Crippen molar-refractivity contribution < 1.29 is 4.79 Å². The highest BCUT2D eigenvalue weighted by Gasteiger charge is 2.27. The van der Waals surface area contributed by atoms with Crippen LogP contribution in [0.2, 0.25) is 0 Å². The van der Waals surface area contributed by atoms with Crippen molar-refractivity contribution in [3.8, 4) is 0 Å². The molecule has 1 saturated carbocycles. The van der Waals surface area contributed by atoms with Gasteiger partial charge in [-0.2, -0.15) is 0 Å². The Hall–Kier alpha value is -0.570. The lowest BCUT2D eigenvalue weighted by Gasteiger charge is -2.12. The van der Waals surface area contributed by atoms with Crippen LogP contribution >= 0.6 is 0 Å². The molecule has 1 aliphatic rings. The number of rotatable bonds is 5. The van der Waals surface area contributed by atoms with E-state index in [1.807, 2.05) is 6.92 Å². The van der Waals surface area contributed by atoms with E-state index in [1.54, 1.807) is 0 Å². The quantitative estimate of drug-likeness (QED) is 0.666. The molecule has 0 bridgehead atoms. The lowest BCUT2D eigenvalue weighted by Crippen LogP contribution is -2.33. The van der Waals surface area contributed by atoms with Crippen molar-refractivity contribution in [1.29, 1.82) is 0 Å². The van der Waals surface area contributed by atoms with Gasteiger partial charge in [-0.3, -0.25) is 4.79 Å². The van der Waals surface area contributed by atoms with Crippen molar-refractivity contribution in [2.75, 3.05) is 6.54 Å². The maximum absolute atomic E-state index is 11.2. The highest BCUT2D eigenvalue weighted by Crippen LogP contribution is 2.35. The number of nitrogens with one attached hydrogen (secondary N) is 1. The third-order valence-corrected chi connectivity index (χ3v) is 2.56. The molecule has 0 aromatic heterocycles. The second-order valence-corrected chi connectivity index (χ2v) is 4.30. The summed E-state index contributed by atoms with van der Waals surface area (Å²) in [5.41, 5.74) is 5.51. The van der Waals surface area contributed by atoms with Crippen LogP contribution in [0.5, 0.6) is 0 Å². The van der Waals surface area contributed by atoms with Crippen LogP contribution in [0.15, 0.2) is 0 Å². The average Bonchev–Trinajstić information content (AvgIpc) is 2.80. The van der Waals surface area contributed by atoms with Gasteiger partial charge in [-0.1, -0.05) is 6.92 Å². The monoisotopic (exact) mass is 184 g/mol. The molecule has 13 heavy (non-hydrogen) atoms. The van der Waals surface area contributed by atoms with Gasteiger partial charge in [-0.15, -0.1) is 0 Å². The van der Waals surface area contributed by atoms with Gasteiger partial charge < -0.3 is 11.1 Å². The van der Waals surface area contributed by atoms with E-state index in [-0.39, 0.29) is 11.9 Å². The lowest BCUT2D eigenvalue weighted by atomic mass is 10.1. The largest absolute Gasteiger partial charge is 0.356 e. The summed E-state index contributed by atoms with van der Waals surface area (Å²) in [4.78, 5) is 11.2. The molecule has 2 unspecified atom stereocenters. The molecule has 0 heterocycles. The van der Waals surface area contributed by atoms with Crippen molar-refractivity contribution in [3.63, 3.8) is 0 Å². The second-order valence-electron chi connectivity index (χ2n) is 4.30. The molecule has 0 saturated heterocycles. The zero-order chi connectivity index (χ0) is 9.84. The summed E-state index contributed by atoms with van der Waals surface area (Å²) in [6.07, 6.45) is 3.12. The smallest absolute Gasteiger partial charge is 0.221 e. The van der Waals surface area contributed by atoms with Crippen LogP contribution in [0.3, 0.4) is 0 Å². The van der Waals surface area contributed by atoms with Gasteiger partial charge in [0.15, 0.2) is 0 Å². The lowest BCUT2D eigenvalue weighted by molar-refractivity contribution is -0.121. The van der Waals surface area contributed by atoms with Gasteiger partial charge in [-0.05, 0) is 31.6 Å². The van der Waals surface area contributed by atoms with Crippen molar-refractivity contribution in [2.45, 2.75) is 39.2 Å². The molecule has 0 aliphatic heterocycles. The van der Waals surface area contributed by atoms with Crippen LogP contribution in [-0.2, 0) is 4.79 Å². The molecule has 0 aromatic carbocycles. The minimum Gasteiger partial charge on any atom is -0.356 e. The van der Waals surface area contributed by atoms with E-state index < -0.39 is 0 Å². The van der Waals surface area contributed by atoms with Crippen molar-refractivity contribution in [3.05, 3.63) is 0 Å². The van der Waals surface area contributed by atoms with E-state index in [2.05, 4.69) is 12.2 Å². The minimum atomic E-state index is -0.0313. The van der Waals surface area contributed by atoms with E-state index in [1.165, 1.54) is 12.8 Å². The maximum atomic E-state index is 11.2. The van der Waals surface area contributed by atoms with Gasteiger partial charge >= 0.3 is 0 Å². The molecular formula is C10H20N2O. The number of nitrogens with two attached hydrogens (primary N) is 1. The van der Waals surface area contributed by atoms with Gasteiger partial charge in [0, 0.05) is 19.0 Å². The van der Waals surface area contributed by atoms with Crippen LogP contribution in [0.4, 0.5) is 0 Å². The third kappa shape index (κ3) is 4.27. The summed E-state index contributed by atoms with van der Waals surface area (Å²) >= 11 is 0. The molecular weight excluding hydrogens is 164 g/mol. The van der Waals surface area contributed by atoms with E-state index in [0.29, 0.717) is 12.3 Å². The highest BCUT2D eigenvalue weighted by atomic mass is 16.1. The first-order valence-corrected chi connectivity index (χ1v) is 5.12. The van der Waals surface area contributed by atoms with Crippen molar-refractivity contribution in [1.82, 2.24) is 5.32 Å². The molecule has 0 radical (unpaired) electrons. The Bertz CT molecular complexity index is 176. The standard InChI is InChI=1S/C10H20N2O/c1-7(9-3-4-9)6-12-10(13)5-8(2)11/h7-9H,3-6,11H2,1-2H3,(H,12,13). The van der Waals surface area contributed by atoms with Crippen molar-refractivity contribution in [2.24, 2.45) is 17.6 Å². The number of carbonyl (C=O) groups is 1. The highest BCUT2D eigenvalue weighted by molar-refractivity contribution is 5.76. The summed E-state index contributed by atoms with van der Waals surface area (Å²) in [5.74, 6) is 1.58. The molecule has 0 spiro atoms. The van der Waals surface area contributed by atoms with Crippen LogP contribution in [0.25, 0.3) is 0 Å². The van der Waals surface area contributed by atoms with Gasteiger partial charge in [-0.25, -0.2) is 0 Å². The Kier molecular flexibility index (Phi) is 3.72. The summed E-state index contributed by atoms with van der Waals surface area (Å²) in [6.45, 7) is 4.87. The molecule has 3 nitrogen and oxygen atoms in total. The molecule has 2 atom stereocenters. The minimum absolute atomic E-state index is 0.0313. The molecule has 1 rings (SSSR count). The van der Waals surface area contributed by atoms with E-state index in [9.17, 15) is 4.79 Å². The summed E-state index contributed by atoms with van der Waals surface area (Å²) in [7, 11) is 0. The van der Waals surface area contributed by atoms with E-state index >= 15 is 0 Å². The van der Waals surface area contributed by atoms with Gasteiger partial charge in [0.2, 0.25) is 5.91 Å². The molecule has 1 fully saturated rings. The second kappa shape index (κ2) is 4.61. The molecule has 1 amide bonds. The van der Waals surface area contributed by atoms with Crippen LogP contribution in [0, 0.1) is 11.8 Å². The van der Waals surface area contributed by atoms with Crippen molar-refractivity contribution >= 4 is 5.91 Å². The maximum Gasteiger partial charge on any atom is 0.221 e. The Morgan fingerprint density at radius 1 is 1.54 bits per heavy atom. The SMILES string of the molecule is CC(N)CC(=O)NCC(C)C1CC1. The Morgan fingerprint density at radius 3 is 2.62 bits per heavy atom. The fraction of sp³-hybridized carbons (Fsp3) is 0.900. The zero-order valence-electron chi connectivity index (χ0n) is 8.55. The van der Waals surface area contributed by atoms with E-state index in [4.69, 9.17) is 5.73 Å². The predicted molar refractivity (Wildman–Crippen MR) is 53.2 cm³/mol. The first-order valence-electron chi connectivity index (χ1n) is 5.12.